The van der Waals surface area contributed by atoms with Gasteiger partial charge in [-0.05, 0) is 42.5 Å². The normalized spacial score (nSPS) is 10.5. The van der Waals surface area contributed by atoms with E-state index in [4.69, 9.17) is 14.0 Å². The second kappa shape index (κ2) is 6.62. The van der Waals surface area contributed by atoms with Crippen molar-refractivity contribution < 1.29 is 14.0 Å². The Morgan fingerprint density at radius 1 is 1.09 bits per heavy atom. The second-order valence-corrected chi connectivity index (χ2v) is 5.40. The molecule has 0 unspecified atom stereocenters. The number of methoxy groups -OCH3 is 1. The SMILES string of the molecule is COc1ccc(-c2noc(COc3cccc(Br)c3)n2)cc1. The van der Waals surface area contributed by atoms with Gasteiger partial charge < -0.3 is 14.0 Å². The van der Waals surface area contributed by atoms with Crippen LogP contribution in [0.1, 0.15) is 5.89 Å². The van der Waals surface area contributed by atoms with Gasteiger partial charge in [0.1, 0.15) is 11.5 Å². The Morgan fingerprint density at radius 2 is 1.91 bits per heavy atom. The van der Waals surface area contributed by atoms with Crippen LogP contribution in [0.2, 0.25) is 0 Å². The van der Waals surface area contributed by atoms with Crippen LogP contribution in [0.25, 0.3) is 11.4 Å². The van der Waals surface area contributed by atoms with E-state index in [1.54, 1.807) is 7.11 Å². The van der Waals surface area contributed by atoms with Gasteiger partial charge in [0.15, 0.2) is 6.61 Å². The van der Waals surface area contributed by atoms with Gasteiger partial charge in [-0.2, -0.15) is 4.98 Å². The molecule has 22 heavy (non-hydrogen) atoms. The number of nitrogens with zero attached hydrogens (tertiary/aromatic N) is 2. The van der Waals surface area contributed by atoms with E-state index in [0.29, 0.717) is 11.7 Å². The molecule has 0 saturated carbocycles. The molecule has 0 aliphatic carbocycles. The highest BCUT2D eigenvalue weighted by atomic mass is 79.9. The molecule has 1 heterocycles. The molecule has 0 radical (unpaired) electrons. The van der Waals surface area contributed by atoms with Crippen LogP contribution in [0.5, 0.6) is 11.5 Å². The summed E-state index contributed by atoms with van der Waals surface area (Å²) in [5.74, 6) is 2.46. The average Bonchev–Trinajstić information content (AvgIpc) is 3.02. The van der Waals surface area contributed by atoms with Gasteiger partial charge in [-0.1, -0.05) is 27.2 Å². The largest absolute Gasteiger partial charge is 0.497 e. The van der Waals surface area contributed by atoms with Crippen LogP contribution >= 0.6 is 15.9 Å². The van der Waals surface area contributed by atoms with E-state index in [9.17, 15) is 0 Å². The van der Waals surface area contributed by atoms with Crippen molar-refractivity contribution in [1.82, 2.24) is 10.1 Å². The summed E-state index contributed by atoms with van der Waals surface area (Å²) in [4.78, 5) is 4.32. The molecular weight excluding hydrogens is 348 g/mol. The zero-order chi connectivity index (χ0) is 15.4. The molecule has 0 atom stereocenters. The van der Waals surface area contributed by atoms with Crippen molar-refractivity contribution in [3.8, 4) is 22.9 Å². The highest BCUT2D eigenvalue weighted by Crippen LogP contribution is 2.21. The minimum atomic E-state index is 0.222. The maximum Gasteiger partial charge on any atom is 0.264 e. The van der Waals surface area contributed by atoms with Crippen molar-refractivity contribution in [2.24, 2.45) is 0 Å². The number of halogens is 1. The van der Waals surface area contributed by atoms with Crippen LogP contribution in [-0.2, 0) is 6.61 Å². The smallest absolute Gasteiger partial charge is 0.264 e. The minimum Gasteiger partial charge on any atom is -0.497 e. The molecular formula is C16H13BrN2O3. The molecule has 1 aromatic heterocycles. The molecule has 3 rings (SSSR count). The Labute approximate surface area is 136 Å². The van der Waals surface area contributed by atoms with E-state index < -0.39 is 0 Å². The molecule has 5 nitrogen and oxygen atoms in total. The molecule has 0 amide bonds. The Bertz CT molecular complexity index is 756. The fourth-order valence-corrected chi connectivity index (χ4v) is 2.25. The molecule has 3 aromatic rings. The number of hydrogen-bond acceptors (Lipinski definition) is 5. The van der Waals surface area contributed by atoms with Crippen LogP contribution in [0.15, 0.2) is 57.5 Å². The molecule has 0 fully saturated rings. The van der Waals surface area contributed by atoms with Crippen LogP contribution in [0.4, 0.5) is 0 Å². The maximum atomic E-state index is 5.61. The lowest BCUT2D eigenvalue weighted by molar-refractivity contribution is 0.243. The lowest BCUT2D eigenvalue weighted by Gasteiger charge is -2.02. The highest BCUT2D eigenvalue weighted by Gasteiger charge is 2.09. The maximum absolute atomic E-state index is 5.61. The predicted octanol–water partition coefficient (Wildman–Crippen LogP) is 4.09. The van der Waals surface area contributed by atoms with Crippen molar-refractivity contribution in [2.75, 3.05) is 7.11 Å². The molecule has 0 spiro atoms. The van der Waals surface area contributed by atoms with Gasteiger partial charge in [0.2, 0.25) is 5.82 Å². The summed E-state index contributed by atoms with van der Waals surface area (Å²) in [7, 11) is 1.63. The van der Waals surface area contributed by atoms with Gasteiger partial charge in [-0.15, -0.1) is 0 Å². The number of ether oxygens (including phenoxy) is 2. The molecule has 6 heteroatoms. The van der Waals surface area contributed by atoms with E-state index in [1.165, 1.54) is 0 Å². The van der Waals surface area contributed by atoms with Crippen LogP contribution < -0.4 is 9.47 Å². The fraction of sp³-hybridized carbons (Fsp3) is 0.125. The number of benzene rings is 2. The Hall–Kier alpha value is -2.34. The summed E-state index contributed by atoms with van der Waals surface area (Å²) in [6.07, 6.45) is 0. The number of hydrogen-bond donors (Lipinski definition) is 0. The van der Waals surface area contributed by atoms with Gasteiger partial charge in [0.25, 0.3) is 5.89 Å². The van der Waals surface area contributed by atoms with Crippen LogP contribution in [0.3, 0.4) is 0 Å². The first-order chi connectivity index (χ1) is 10.7. The minimum absolute atomic E-state index is 0.222. The Kier molecular flexibility index (Phi) is 4.39. The van der Waals surface area contributed by atoms with Gasteiger partial charge in [0.05, 0.1) is 7.11 Å². The molecule has 0 aliphatic rings. The van der Waals surface area contributed by atoms with Gasteiger partial charge in [-0.25, -0.2) is 0 Å². The standard InChI is InChI=1S/C16H13BrN2O3/c1-20-13-7-5-11(6-8-13)16-18-15(22-19-16)10-21-14-4-2-3-12(17)9-14/h2-9H,10H2,1H3. The topological polar surface area (TPSA) is 57.4 Å². The monoisotopic (exact) mass is 360 g/mol. The van der Waals surface area contributed by atoms with Crippen molar-refractivity contribution in [3.05, 3.63) is 58.9 Å². The first-order valence-electron chi connectivity index (χ1n) is 6.60. The van der Waals surface area contributed by atoms with Crippen molar-refractivity contribution in [1.29, 1.82) is 0 Å². The molecule has 0 N–H and O–H groups in total. The molecule has 0 saturated heterocycles. The zero-order valence-electron chi connectivity index (χ0n) is 11.8. The lowest BCUT2D eigenvalue weighted by atomic mass is 10.2. The third-order valence-electron chi connectivity index (χ3n) is 2.97. The molecule has 0 bridgehead atoms. The average molecular weight is 361 g/mol. The van der Waals surface area contributed by atoms with E-state index in [-0.39, 0.29) is 6.61 Å². The van der Waals surface area contributed by atoms with E-state index in [1.807, 2.05) is 48.5 Å². The zero-order valence-corrected chi connectivity index (χ0v) is 13.4. The highest BCUT2D eigenvalue weighted by molar-refractivity contribution is 9.10. The second-order valence-electron chi connectivity index (χ2n) is 4.49. The van der Waals surface area contributed by atoms with Gasteiger partial charge >= 0.3 is 0 Å². The summed E-state index contributed by atoms with van der Waals surface area (Å²) < 4.78 is 16.9. The molecule has 112 valence electrons. The summed E-state index contributed by atoms with van der Waals surface area (Å²) in [6.45, 7) is 0.222. The third kappa shape index (κ3) is 3.46. The summed E-state index contributed by atoms with van der Waals surface area (Å²) >= 11 is 3.39. The molecule has 0 aliphatic heterocycles. The molecule has 2 aromatic carbocycles. The van der Waals surface area contributed by atoms with Crippen LogP contribution in [0, 0.1) is 0 Å². The summed E-state index contributed by atoms with van der Waals surface area (Å²) in [5.41, 5.74) is 0.859. The predicted molar refractivity (Wildman–Crippen MR) is 84.8 cm³/mol. The van der Waals surface area contributed by atoms with Crippen molar-refractivity contribution in [3.63, 3.8) is 0 Å². The van der Waals surface area contributed by atoms with E-state index in [2.05, 4.69) is 26.1 Å². The quantitative estimate of drug-likeness (QED) is 0.685. The number of aromatic nitrogens is 2. The Balaban J connectivity index is 1.68. The summed E-state index contributed by atoms with van der Waals surface area (Å²) in [5, 5.41) is 3.96. The van der Waals surface area contributed by atoms with Crippen molar-refractivity contribution >= 4 is 15.9 Å². The van der Waals surface area contributed by atoms with Crippen LogP contribution in [-0.4, -0.2) is 17.3 Å². The van der Waals surface area contributed by atoms with E-state index in [0.717, 1.165) is 21.5 Å². The van der Waals surface area contributed by atoms with E-state index >= 15 is 0 Å². The fourth-order valence-electron chi connectivity index (χ4n) is 1.87. The van der Waals surface area contributed by atoms with Crippen molar-refractivity contribution in [2.45, 2.75) is 6.61 Å². The summed E-state index contributed by atoms with van der Waals surface area (Å²) in [6, 6.07) is 15.0. The first kappa shape index (κ1) is 14.6. The third-order valence-corrected chi connectivity index (χ3v) is 3.47. The Morgan fingerprint density at radius 3 is 2.64 bits per heavy atom. The van der Waals surface area contributed by atoms with Gasteiger partial charge in [0, 0.05) is 10.0 Å². The lowest BCUT2D eigenvalue weighted by Crippen LogP contribution is -1.95. The van der Waals surface area contributed by atoms with Gasteiger partial charge in [-0.3, -0.25) is 0 Å². The first-order valence-corrected chi connectivity index (χ1v) is 7.39. The number of rotatable bonds is 5.